The van der Waals surface area contributed by atoms with Crippen LogP contribution in [0, 0.1) is 73.9 Å². The van der Waals surface area contributed by atoms with Crippen molar-refractivity contribution < 1.29 is 27.8 Å². The number of ether oxygens (including phenoxy) is 2. The van der Waals surface area contributed by atoms with Crippen molar-refractivity contribution in [3.05, 3.63) is 11.6 Å². The molecule has 60 heavy (non-hydrogen) atoms. The second-order valence-corrected chi connectivity index (χ2v) is 27.3. The fourth-order valence-corrected chi connectivity index (χ4v) is 19.0. The first-order valence-electron chi connectivity index (χ1n) is 24.8. The van der Waals surface area contributed by atoms with Gasteiger partial charge in [-0.1, -0.05) is 60.1 Å². The van der Waals surface area contributed by atoms with Crippen LogP contribution < -0.4 is 5.32 Å². The number of nitrogens with zero attached hydrogens (tertiary/aromatic N) is 1. The van der Waals surface area contributed by atoms with Crippen molar-refractivity contribution in [3.8, 4) is 0 Å². The molecule has 0 aromatic heterocycles. The van der Waals surface area contributed by atoms with E-state index < -0.39 is 21.0 Å². The van der Waals surface area contributed by atoms with Crippen LogP contribution in [0.25, 0.3) is 0 Å². The van der Waals surface area contributed by atoms with Gasteiger partial charge in [-0.25, -0.2) is 8.42 Å². The molecule has 6 saturated carbocycles. The number of sulfone groups is 1. The summed E-state index contributed by atoms with van der Waals surface area (Å²) in [5.41, 5.74) is 1.97. The van der Waals surface area contributed by atoms with Crippen LogP contribution in [0.15, 0.2) is 11.6 Å². The molecule has 1 heterocycles. The highest BCUT2D eigenvalue weighted by Gasteiger charge is 2.74. The highest BCUT2D eigenvalue weighted by atomic mass is 32.2. The number of nitrogens with one attached hydrogen (secondary N) is 1. The quantitative estimate of drug-likeness (QED) is 0.120. The fourth-order valence-electron chi connectivity index (χ4n) is 17.7. The van der Waals surface area contributed by atoms with E-state index in [1.54, 1.807) is 12.5 Å². The molecule has 0 amide bonds. The molecule has 0 bridgehead atoms. The minimum Gasteiger partial charge on any atom is -0.462 e. The van der Waals surface area contributed by atoms with Gasteiger partial charge in [0.25, 0.3) is 0 Å². The zero-order chi connectivity index (χ0) is 43.7. The number of rotatable bonds is 11. The predicted octanol–water partition coefficient (Wildman–Crippen LogP) is 9.59. The Morgan fingerprint density at radius 3 is 2.17 bits per heavy atom. The Bertz CT molecular complexity index is 1770. The number of carbonyl (C=O) groups excluding carboxylic acids is 1. The lowest BCUT2D eigenvalue weighted by molar-refractivity contribution is -0.325. The Kier molecular flexibility index (Phi) is 11.4. The molecule has 2 N–H and O–H groups in total. The van der Waals surface area contributed by atoms with Crippen LogP contribution in [0.1, 0.15) is 167 Å². The summed E-state index contributed by atoms with van der Waals surface area (Å²) in [5.74, 6) is 3.56. The average Bonchev–Trinajstić information content (AvgIpc) is 3.48. The molecular formula is C51H86N2O6S. The molecule has 0 aromatic carbocycles. The van der Waals surface area contributed by atoms with Crippen molar-refractivity contribution >= 4 is 15.8 Å². The zero-order valence-corrected chi connectivity index (χ0v) is 40.9. The largest absolute Gasteiger partial charge is 0.462 e. The standard InChI is InChI=1S/C51H86N2O6S/c1-33(2)37-15-20-51(52-23-24-53-25-27-60(56,57)28-26-53)22-21-46(10)39(42(37)51)13-14-41-45(9)18-16-38(44(7,8)40(45)17-19-47(41,46)11)36-29-49(30-36)31-50(32-49,43(54)58-34(3)4)48(12,55)59-35(5)6/h16,33-37,39-42,52,55H,13-15,17-32H2,1-12H3/t36?,37-,39?,40-,41+,42+,45-,46+,47+,48?,49?,50?,51-/m0/s1. The Morgan fingerprint density at radius 2 is 1.55 bits per heavy atom. The summed E-state index contributed by atoms with van der Waals surface area (Å²) in [6.07, 6.45) is 17.5. The van der Waals surface area contributed by atoms with Crippen molar-refractivity contribution in [2.75, 3.05) is 37.7 Å². The normalized spacial score (nSPS) is 46.7. The third-order valence-electron chi connectivity index (χ3n) is 20.6. The molecule has 0 aromatic rings. The van der Waals surface area contributed by atoms with Crippen LogP contribution in [0.2, 0.25) is 0 Å². The van der Waals surface area contributed by atoms with Gasteiger partial charge in [-0.05, 0) is 187 Å². The summed E-state index contributed by atoms with van der Waals surface area (Å²) in [4.78, 5) is 16.1. The van der Waals surface area contributed by atoms with E-state index in [0.717, 1.165) is 37.8 Å². The molecular weight excluding hydrogens is 769 g/mol. The minimum atomic E-state index is -2.86. The number of hydrogen-bond donors (Lipinski definition) is 2. The summed E-state index contributed by atoms with van der Waals surface area (Å²) in [6, 6.07) is 0. The van der Waals surface area contributed by atoms with E-state index in [1.165, 1.54) is 57.8 Å². The summed E-state index contributed by atoms with van der Waals surface area (Å²) >= 11 is 0. The van der Waals surface area contributed by atoms with E-state index in [2.05, 4.69) is 64.8 Å². The maximum absolute atomic E-state index is 13.7. The van der Waals surface area contributed by atoms with Gasteiger partial charge in [-0.2, -0.15) is 0 Å². The molecule has 8 nitrogen and oxygen atoms in total. The summed E-state index contributed by atoms with van der Waals surface area (Å²) in [5, 5.41) is 16.0. The Labute approximate surface area is 365 Å². The highest BCUT2D eigenvalue weighted by molar-refractivity contribution is 7.91. The van der Waals surface area contributed by atoms with Crippen molar-refractivity contribution in [2.45, 2.75) is 190 Å². The first-order valence-corrected chi connectivity index (χ1v) is 26.6. The van der Waals surface area contributed by atoms with E-state index >= 15 is 0 Å². The van der Waals surface area contributed by atoms with Gasteiger partial charge in [0.15, 0.2) is 15.6 Å². The lowest BCUT2D eigenvalue weighted by atomic mass is 9.32. The maximum Gasteiger partial charge on any atom is 0.317 e. The summed E-state index contributed by atoms with van der Waals surface area (Å²) in [7, 11) is -2.86. The van der Waals surface area contributed by atoms with E-state index in [9.17, 15) is 18.3 Å². The first-order chi connectivity index (χ1) is 27.8. The van der Waals surface area contributed by atoms with Crippen molar-refractivity contribution in [3.63, 3.8) is 0 Å². The SMILES string of the molecule is CC(C)OC(=O)C1(C(C)(O)OC(C)C)CC2(CC(C3=CC[C@]4(C)[C@H]5CCC6[C@H]7[C@H](C(C)C)CC[C@]7(NCCN7CCS(=O)(=O)CC7)CC[C@@]6(C)[C@]5(C)CC[C@H]4C3(C)C)C2)C1. The molecule has 2 unspecified atom stereocenters. The van der Waals surface area contributed by atoms with E-state index in [1.807, 2.05) is 27.7 Å². The second-order valence-electron chi connectivity index (χ2n) is 24.9. The number of hydrogen-bond acceptors (Lipinski definition) is 8. The van der Waals surface area contributed by atoms with Gasteiger partial charge in [0.2, 0.25) is 0 Å². The van der Waals surface area contributed by atoms with E-state index in [4.69, 9.17) is 9.47 Å². The van der Waals surface area contributed by atoms with Gasteiger partial charge in [-0.15, -0.1) is 0 Å². The van der Waals surface area contributed by atoms with E-state index in [0.29, 0.717) is 77.9 Å². The lowest BCUT2D eigenvalue weighted by Crippen LogP contribution is -2.69. The number of allylic oxidation sites excluding steroid dienone is 2. The zero-order valence-electron chi connectivity index (χ0n) is 40.1. The molecule has 342 valence electrons. The Balaban J connectivity index is 0.983. The van der Waals surface area contributed by atoms with Gasteiger partial charge < -0.3 is 24.8 Å². The highest BCUT2D eigenvalue weighted by Crippen LogP contribution is 2.78. The third-order valence-corrected chi connectivity index (χ3v) is 22.2. The first kappa shape index (κ1) is 45.6. The van der Waals surface area contributed by atoms with Gasteiger partial charge in [0.05, 0.1) is 23.7 Å². The molecule has 0 radical (unpaired) electrons. The molecule has 9 heteroatoms. The van der Waals surface area contributed by atoms with E-state index in [-0.39, 0.29) is 40.0 Å². The molecule has 1 spiro atoms. The second kappa shape index (κ2) is 15.0. The molecule has 7 aliphatic carbocycles. The van der Waals surface area contributed by atoms with Crippen LogP contribution in [-0.2, 0) is 24.1 Å². The van der Waals surface area contributed by atoms with Crippen LogP contribution in [0.3, 0.4) is 0 Å². The molecule has 7 fully saturated rings. The van der Waals surface area contributed by atoms with Gasteiger partial charge in [-0.3, -0.25) is 4.79 Å². The van der Waals surface area contributed by atoms with Crippen LogP contribution >= 0.6 is 0 Å². The predicted molar refractivity (Wildman–Crippen MR) is 241 cm³/mol. The monoisotopic (exact) mass is 855 g/mol. The molecule has 8 aliphatic rings. The van der Waals surface area contributed by atoms with Crippen LogP contribution in [-0.4, -0.2) is 85.6 Å². The average molecular weight is 855 g/mol. The smallest absolute Gasteiger partial charge is 0.317 e. The van der Waals surface area contributed by atoms with Gasteiger partial charge in [0, 0.05) is 31.7 Å². The summed E-state index contributed by atoms with van der Waals surface area (Å²) < 4.78 is 36.1. The molecule has 10 atom stereocenters. The molecule has 1 aliphatic heterocycles. The molecule has 8 rings (SSSR count). The topological polar surface area (TPSA) is 105 Å². The number of carbonyl (C=O) groups is 1. The number of aliphatic hydroxyl groups is 1. The minimum absolute atomic E-state index is 0.0661. The van der Waals surface area contributed by atoms with Gasteiger partial charge >= 0.3 is 5.97 Å². The third kappa shape index (κ3) is 6.90. The van der Waals surface area contributed by atoms with Crippen molar-refractivity contribution in [1.29, 1.82) is 0 Å². The van der Waals surface area contributed by atoms with Crippen LogP contribution in [0.4, 0.5) is 0 Å². The molecule has 1 saturated heterocycles. The number of esters is 1. The van der Waals surface area contributed by atoms with Gasteiger partial charge in [0.1, 0.15) is 5.41 Å². The van der Waals surface area contributed by atoms with Crippen molar-refractivity contribution in [1.82, 2.24) is 10.2 Å². The Morgan fingerprint density at radius 1 is 0.883 bits per heavy atom. The van der Waals surface area contributed by atoms with Crippen LogP contribution in [0.5, 0.6) is 0 Å². The number of fused-ring (bicyclic) bond motifs is 7. The Hall–Kier alpha value is -1.00. The maximum atomic E-state index is 13.7. The fraction of sp³-hybridized carbons (Fsp3) is 0.941. The lowest BCUT2D eigenvalue weighted by Gasteiger charge is -2.73. The van der Waals surface area contributed by atoms with Crippen molar-refractivity contribution in [2.24, 2.45) is 73.9 Å². The summed E-state index contributed by atoms with van der Waals surface area (Å²) in [6.45, 7) is 31.0.